The summed E-state index contributed by atoms with van der Waals surface area (Å²) in [5.74, 6) is 0.153. The molecule has 2 amide bonds. The molecule has 5 nitrogen and oxygen atoms in total. The fraction of sp³-hybridized carbons (Fsp3) is 0.833. The molecule has 0 saturated carbocycles. The Morgan fingerprint density at radius 2 is 2.29 bits per heavy atom. The normalized spacial score (nSPS) is 29.9. The predicted octanol–water partition coefficient (Wildman–Crippen LogP) is -0.325. The average molecular weight is 239 g/mol. The molecule has 0 aromatic heterocycles. The zero-order chi connectivity index (χ0) is 12.4. The molecule has 2 rings (SSSR count). The van der Waals surface area contributed by atoms with Gasteiger partial charge in [-0.2, -0.15) is 0 Å². The fourth-order valence-corrected chi connectivity index (χ4v) is 2.65. The third-order valence-electron chi connectivity index (χ3n) is 3.73. The molecule has 1 unspecified atom stereocenters. The largest absolute Gasteiger partial charge is 0.342 e. The number of hydrogen-bond acceptors (Lipinski definition) is 3. The molecule has 2 saturated heterocycles. The fourth-order valence-electron chi connectivity index (χ4n) is 2.65. The predicted molar refractivity (Wildman–Crippen MR) is 64.4 cm³/mol. The van der Waals surface area contributed by atoms with Crippen molar-refractivity contribution in [1.82, 2.24) is 15.1 Å². The molecule has 2 atom stereocenters. The lowest BCUT2D eigenvalue weighted by Crippen LogP contribution is -2.54. The van der Waals surface area contributed by atoms with Crippen LogP contribution >= 0.6 is 0 Å². The Bertz CT molecular complexity index is 319. The van der Waals surface area contributed by atoms with Crippen LogP contribution in [0.15, 0.2) is 0 Å². The number of rotatable bonds is 2. The van der Waals surface area contributed by atoms with Gasteiger partial charge < -0.3 is 15.1 Å². The molecule has 0 bridgehead atoms. The maximum absolute atomic E-state index is 12.3. The third kappa shape index (κ3) is 2.44. The van der Waals surface area contributed by atoms with Gasteiger partial charge in [0.05, 0.1) is 5.92 Å². The number of carbonyl (C=O) groups excluding carboxylic acids is 2. The highest BCUT2D eigenvalue weighted by Gasteiger charge is 2.37. The van der Waals surface area contributed by atoms with Crippen LogP contribution in [0.2, 0.25) is 0 Å². The number of hydrogen-bond donors (Lipinski definition) is 1. The second-order valence-electron chi connectivity index (χ2n) is 4.92. The van der Waals surface area contributed by atoms with Crippen LogP contribution < -0.4 is 5.32 Å². The molecule has 2 fully saturated rings. The molecule has 2 aliphatic rings. The molecule has 1 N–H and O–H groups in total. The van der Waals surface area contributed by atoms with E-state index in [9.17, 15) is 9.59 Å². The van der Waals surface area contributed by atoms with Gasteiger partial charge in [-0.05, 0) is 13.8 Å². The number of carbonyl (C=O) groups is 2. The summed E-state index contributed by atoms with van der Waals surface area (Å²) in [5.41, 5.74) is 0. The molecule has 2 heterocycles. The molecule has 0 radical (unpaired) electrons. The van der Waals surface area contributed by atoms with Crippen molar-refractivity contribution in [3.63, 3.8) is 0 Å². The van der Waals surface area contributed by atoms with Crippen LogP contribution in [0.1, 0.15) is 20.3 Å². The van der Waals surface area contributed by atoms with Crippen molar-refractivity contribution in [2.24, 2.45) is 5.92 Å². The lowest BCUT2D eigenvalue weighted by atomic mass is 10.1. The summed E-state index contributed by atoms with van der Waals surface area (Å²) in [6.07, 6.45) is 0.392. The highest BCUT2D eigenvalue weighted by molar-refractivity contribution is 5.89. The minimum atomic E-state index is -0.122. The van der Waals surface area contributed by atoms with Gasteiger partial charge in [-0.1, -0.05) is 0 Å². The Morgan fingerprint density at radius 3 is 2.88 bits per heavy atom. The van der Waals surface area contributed by atoms with Crippen LogP contribution in [-0.2, 0) is 9.59 Å². The van der Waals surface area contributed by atoms with Gasteiger partial charge in [0, 0.05) is 45.2 Å². The van der Waals surface area contributed by atoms with Crippen LogP contribution in [0.3, 0.4) is 0 Å². The van der Waals surface area contributed by atoms with Gasteiger partial charge in [0.15, 0.2) is 0 Å². The van der Waals surface area contributed by atoms with E-state index >= 15 is 0 Å². The summed E-state index contributed by atoms with van der Waals surface area (Å²) in [7, 11) is 0. The summed E-state index contributed by atoms with van der Waals surface area (Å²) in [6, 6.07) is 0.238. The van der Waals surface area contributed by atoms with Crippen LogP contribution in [0.25, 0.3) is 0 Å². The quantitative estimate of drug-likeness (QED) is 0.718. The maximum Gasteiger partial charge on any atom is 0.228 e. The molecule has 17 heavy (non-hydrogen) atoms. The molecule has 0 spiro atoms. The van der Waals surface area contributed by atoms with E-state index in [0.717, 1.165) is 19.6 Å². The van der Waals surface area contributed by atoms with E-state index in [2.05, 4.69) is 12.2 Å². The van der Waals surface area contributed by atoms with E-state index in [1.165, 1.54) is 0 Å². The number of piperazine rings is 1. The molecule has 96 valence electrons. The van der Waals surface area contributed by atoms with Crippen LogP contribution in [0, 0.1) is 5.92 Å². The highest BCUT2D eigenvalue weighted by atomic mass is 16.2. The van der Waals surface area contributed by atoms with E-state index in [4.69, 9.17) is 0 Å². The molecule has 5 heteroatoms. The molecule has 0 aromatic carbocycles. The smallest absolute Gasteiger partial charge is 0.228 e. The Morgan fingerprint density at radius 1 is 1.53 bits per heavy atom. The van der Waals surface area contributed by atoms with Gasteiger partial charge in [0.1, 0.15) is 0 Å². The van der Waals surface area contributed by atoms with Crippen molar-refractivity contribution in [3.8, 4) is 0 Å². The van der Waals surface area contributed by atoms with Gasteiger partial charge in [0.25, 0.3) is 0 Å². The summed E-state index contributed by atoms with van der Waals surface area (Å²) >= 11 is 0. The van der Waals surface area contributed by atoms with Crippen molar-refractivity contribution in [2.45, 2.75) is 26.3 Å². The van der Waals surface area contributed by atoms with Crippen molar-refractivity contribution in [3.05, 3.63) is 0 Å². The van der Waals surface area contributed by atoms with E-state index in [1.54, 1.807) is 4.90 Å². The maximum atomic E-state index is 12.3. The van der Waals surface area contributed by atoms with Crippen molar-refractivity contribution in [2.75, 3.05) is 32.7 Å². The van der Waals surface area contributed by atoms with Crippen LogP contribution in [0.4, 0.5) is 0 Å². The standard InChI is InChI=1S/C12H21N3O2/c1-3-14-8-10(6-11(14)16)12(17)15-5-4-13-7-9(15)2/h9-10,13H,3-8H2,1-2H3/t9-,10?/m1/s1. The van der Waals surface area contributed by atoms with Crippen LogP contribution in [0.5, 0.6) is 0 Å². The number of nitrogens with zero attached hydrogens (tertiary/aromatic N) is 2. The number of amides is 2. The Labute approximate surface area is 102 Å². The zero-order valence-electron chi connectivity index (χ0n) is 10.6. The minimum absolute atomic E-state index is 0.119. The summed E-state index contributed by atoms with van der Waals surface area (Å²) in [5, 5.41) is 3.27. The van der Waals surface area contributed by atoms with Crippen LogP contribution in [-0.4, -0.2) is 60.4 Å². The van der Waals surface area contributed by atoms with Crippen molar-refractivity contribution >= 4 is 11.8 Å². The average Bonchev–Trinajstić information content (AvgIpc) is 2.70. The first-order chi connectivity index (χ1) is 8.13. The lowest BCUT2D eigenvalue weighted by Gasteiger charge is -2.35. The lowest BCUT2D eigenvalue weighted by molar-refractivity contribution is -0.138. The van der Waals surface area contributed by atoms with E-state index < -0.39 is 0 Å². The first-order valence-corrected chi connectivity index (χ1v) is 6.42. The highest BCUT2D eigenvalue weighted by Crippen LogP contribution is 2.21. The molecular formula is C12H21N3O2. The molecule has 2 aliphatic heterocycles. The first kappa shape index (κ1) is 12.4. The second kappa shape index (κ2) is 5.04. The summed E-state index contributed by atoms with van der Waals surface area (Å²) < 4.78 is 0. The molecule has 0 aliphatic carbocycles. The first-order valence-electron chi connectivity index (χ1n) is 6.42. The number of likely N-dealkylation sites (tertiary alicyclic amines) is 1. The van der Waals surface area contributed by atoms with Crippen molar-refractivity contribution < 1.29 is 9.59 Å². The van der Waals surface area contributed by atoms with Gasteiger partial charge >= 0.3 is 0 Å². The Kier molecular flexibility index (Phi) is 3.66. The van der Waals surface area contributed by atoms with Gasteiger partial charge in [-0.3, -0.25) is 9.59 Å². The van der Waals surface area contributed by atoms with Crippen molar-refractivity contribution in [1.29, 1.82) is 0 Å². The second-order valence-corrected chi connectivity index (χ2v) is 4.92. The third-order valence-corrected chi connectivity index (χ3v) is 3.73. The van der Waals surface area contributed by atoms with Gasteiger partial charge in [0.2, 0.25) is 11.8 Å². The van der Waals surface area contributed by atoms with E-state index in [-0.39, 0.29) is 23.8 Å². The van der Waals surface area contributed by atoms with E-state index in [1.807, 2.05) is 11.8 Å². The summed E-state index contributed by atoms with van der Waals surface area (Å²) in [4.78, 5) is 27.7. The molecule has 0 aromatic rings. The molecular weight excluding hydrogens is 218 g/mol. The van der Waals surface area contributed by atoms with Gasteiger partial charge in [-0.15, -0.1) is 0 Å². The van der Waals surface area contributed by atoms with E-state index in [0.29, 0.717) is 19.5 Å². The monoisotopic (exact) mass is 239 g/mol. The summed E-state index contributed by atoms with van der Waals surface area (Å²) in [6.45, 7) is 7.79. The zero-order valence-corrected chi connectivity index (χ0v) is 10.6. The minimum Gasteiger partial charge on any atom is -0.342 e. The SMILES string of the molecule is CCN1CC(C(=O)N2CCNC[C@H]2C)CC1=O. The number of nitrogens with one attached hydrogen (secondary N) is 1. The Hall–Kier alpha value is -1.10. The Balaban J connectivity index is 1.98. The topological polar surface area (TPSA) is 52.7 Å². The van der Waals surface area contributed by atoms with Gasteiger partial charge in [-0.25, -0.2) is 0 Å².